The second kappa shape index (κ2) is 9.82. The second-order valence-corrected chi connectivity index (χ2v) is 10.3. The molecule has 0 spiro atoms. The van der Waals surface area contributed by atoms with Gasteiger partial charge in [-0.2, -0.15) is 0 Å². The fourth-order valence-corrected chi connectivity index (χ4v) is 5.47. The van der Waals surface area contributed by atoms with Gasteiger partial charge in [-0.1, -0.05) is 74.7 Å². The molecule has 0 saturated carbocycles. The molecule has 1 aliphatic carbocycles. The Balaban J connectivity index is 0.000000183. The third kappa shape index (κ3) is 4.17. The van der Waals surface area contributed by atoms with Crippen molar-refractivity contribution in [3.8, 4) is 11.3 Å². The molecule has 0 fully saturated rings. The van der Waals surface area contributed by atoms with Gasteiger partial charge in [0.15, 0.2) is 0 Å². The zero-order valence-electron chi connectivity index (χ0n) is 21.5. The smallest absolute Gasteiger partial charge is 0.0164 e. The van der Waals surface area contributed by atoms with E-state index >= 15 is 0 Å². The Morgan fingerprint density at radius 1 is 0.757 bits per heavy atom. The van der Waals surface area contributed by atoms with E-state index in [9.17, 15) is 0 Å². The predicted molar refractivity (Wildman–Crippen MR) is 150 cm³/mol. The van der Waals surface area contributed by atoms with Crippen molar-refractivity contribution in [1.29, 1.82) is 0 Å². The molecular formula is C34H28IrN2-2. The number of pyridine rings is 2. The van der Waals surface area contributed by atoms with Crippen LogP contribution in [0.3, 0.4) is 0 Å². The molecule has 1 aliphatic rings. The van der Waals surface area contributed by atoms with Crippen molar-refractivity contribution in [2.24, 2.45) is 0 Å². The van der Waals surface area contributed by atoms with E-state index in [2.05, 4.69) is 81.2 Å². The summed E-state index contributed by atoms with van der Waals surface area (Å²) in [4.78, 5) is 8.98. The molecule has 0 saturated heterocycles. The Labute approximate surface area is 232 Å². The SMILES string of the molecule is CC(C)c1c[c-]c2c(c1)c1cccc3c1c1c(ccnc21)C3(C)C.[Ir].[c-]1ccccc1-c1ccccn1. The van der Waals surface area contributed by atoms with Crippen molar-refractivity contribution in [3.05, 3.63) is 120 Å². The summed E-state index contributed by atoms with van der Waals surface area (Å²) in [5, 5.41) is 6.50. The van der Waals surface area contributed by atoms with Gasteiger partial charge in [-0.05, 0) is 45.2 Å². The Hall–Kier alpha value is -3.39. The Kier molecular flexibility index (Phi) is 6.70. The van der Waals surface area contributed by atoms with E-state index < -0.39 is 0 Å². The molecule has 0 N–H and O–H groups in total. The molecule has 0 bridgehead atoms. The molecule has 6 aromatic rings. The third-order valence-electron chi connectivity index (χ3n) is 7.42. The molecule has 0 amide bonds. The van der Waals surface area contributed by atoms with Gasteiger partial charge in [0.25, 0.3) is 0 Å². The first kappa shape index (κ1) is 25.3. The van der Waals surface area contributed by atoms with E-state index in [1.165, 1.54) is 38.2 Å². The van der Waals surface area contributed by atoms with Crippen molar-refractivity contribution in [2.45, 2.75) is 39.0 Å². The summed E-state index contributed by atoms with van der Waals surface area (Å²) in [5.74, 6) is 0.500. The van der Waals surface area contributed by atoms with Gasteiger partial charge in [0.1, 0.15) is 0 Å². The molecule has 37 heavy (non-hydrogen) atoms. The molecule has 0 atom stereocenters. The van der Waals surface area contributed by atoms with Crippen LogP contribution in [0.4, 0.5) is 0 Å². The van der Waals surface area contributed by atoms with Gasteiger partial charge in [-0.25, -0.2) is 0 Å². The van der Waals surface area contributed by atoms with Crippen LogP contribution in [0.25, 0.3) is 43.7 Å². The van der Waals surface area contributed by atoms with Crippen LogP contribution in [0.2, 0.25) is 0 Å². The van der Waals surface area contributed by atoms with Gasteiger partial charge in [-0.3, -0.25) is 0 Å². The summed E-state index contributed by atoms with van der Waals surface area (Å²) in [6.07, 6.45) is 3.75. The Morgan fingerprint density at radius 2 is 1.57 bits per heavy atom. The number of fused-ring (bicyclic) bond motifs is 3. The maximum absolute atomic E-state index is 4.76. The first-order chi connectivity index (χ1) is 17.5. The molecular weight excluding hydrogens is 629 g/mol. The number of benzene rings is 4. The van der Waals surface area contributed by atoms with Crippen molar-refractivity contribution in [3.63, 3.8) is 0 Å². The Bertz CT molecular complexity index is 1680. The monoisotopic (exact) mass is 657 g/mol. The molecule has 1 radical (unpaired) electrons. The molecule has 2 aromatic heterocycles. The van der Waals surface area contributed by atoms with Crippen LogP contribution < -0.4 is 0 Å². The summed E-state index contributed by atoms with van der Waals surface area (Å²) in [7, 11) is 0. The van der Waals surface area contributed by atoms with Crippen LogP contribution in [-0.4, -0.2) is 9.97 Å². The fourth-order valence-electron chi connectivity index (χ4n) is 5.47. The molecule has 3 heteroatoms. The van der Waals surface area contributed by atoms with Gasteiger partial charge in [-0.15, -0.1) is 65.0 Å². The van der Waals surface area contributed by atoms with Crippen LogP contribution >= 0.6 is 0 Å². The van der Waals surface area contributed by atoms with E-state index in [-0.39, 0.29) is 25.5 Å². The minimum absolute atomic E-state index is 0. The minimum Gasteiger partial charge on any atom is -0.305 e. The minimum atomic E-state index is 0. The van der Waals surface area contributed by atoms with E-state index in [1.807, 2.05) is 48.7 Å². The molecule has 2 heterocycles. The average molecular weight is 657 g/mol. The standard InChI is InChI=1S/C23H20N.C11H8N.Ir/c1-13(2)14-8-9-16-17(12-14)15-6-5-7-18-20(15)21-19(23(18,3)4)10-11-24-22(16)21;1-2-6-10(7-3-1)11-8-4-5-9-12-11;/h5-8,10-13H,1-4H3;1-6,8-9H;/q2*-1;. The first-order valence-electron chi connectivity index (χ1n) is 12.5. The van der Waals surface area contributed by atoms with E-state index in [1.54, 1.807) is 6.20 Å². The van der Waals surface area contributed by atoms with Gasteiger partial charge in [0.2, 0.25) is 0 Å². The number of nitrogens with zero attached hydrogens (tertiary/aromatic N) is 2. The molecule has 7 rings (SSSR count). The zero-order chi connectivity index (χ0) is 24.9. The third-order valence-corrected chi connectivity index (χ3v) is 7.42. The summed E-state index contributed by atoms with van der Waals surface area (Å²) in [6, 6.07) is 33.8. The maximum Gasteiger partial charge on any atom is 0.0164 e. The van der Waals surface area contributed by atoms with E-state index in [0.29, 0.717) is 5.92 Å². The largest absolute Gasteiger partial charge is 0.305 e. The number of hydrogen-bond donors (Lipinski definition) is 0. The quantitative estimate of drug-likeness (QED) is 0.138. The molecule has 4 aromatic carbocycles. The van der Waals surface area contributed by atoms with Gasteiger partial charge >= 0.3 is 0 Å². The van der Waals surface area contributed by atoms with Crippen LogP contribution in [0.1, 0.15) is 50.3 Å². The average Bonchev–Trinajstić information content (AvgIpc) is 3.17. The second-order valence-electron chi connectivity index (χ2n) is 10.3. The van der Waals surface area contributed by atoms with Crippen molar-refractivity contribution < 1.29 is 20.1 Å². The van der Waals surface area contributed by atoms with Crippen molar-refractivity contribution >= 4 is 32.4 Å². The maximum atomic E-state index is 4.76. The molecule has 2 nitrogen and oxygen atoms in total. The van der Waals surface area contributed by atoms with Crippen LogP contribution in [-0.2, 0) is 25.5 Å². The topological polar surface area (TPSA) is 25.8 Å². The van der Waals surface area contributed by atoms with E-state index in [4.69, 9.17) is 4.98 Å². The van der Waals surface area contributed by atoms with Gasteiger partial charge in [0.05, 0.1) is 0 Å². The Morgan fingerprint density at radius 3 is 2.30 bits per heavy atom. The summed E-state index contributed by atoms with van der Waals surface area (Å²) < 4.78 is 0. The predicted octanol–water partition coefficient (Wildman–Crippen LogP) is 8.65. The van der Waals surface area contributed by atoms with Crippen LogP contribution in [0.15, 0.2) is 91.3 Å². The van der Waals surface area contributed by atoms with E-state index in [0.717, 1.165) is 22.2 Å². The number of hydrogen-bond acceptors (Lipinski definition) is 2. The van der Waals surface area contributed by atoms with Crippen molar-refractivity contribution in [1.82, 2.24) is 9.97 Å². The number of rotatable bonds is 2. The number of aromatic nitrogens is 2. The molecule has 0 unspecified atom stereocenters. The molecule has 185 valence electrons. The van der Waals surface area contributed by atoms with Crippen molar-refractivity contribution in [2.75, 3.05) is 0 Å². The summed E-state index contributed by atoms with van der Waals surface area (Å²) in [6.45, 7) is 9.12. The summed E-state index contributed by atoms with van der Waals surface area (Å²) >= 11 is 0. The summed E-state index contributed by atoms with van der Waals surface area (Å²) in [5.41, 5.74) is 7.29. The van der Waals surface area contributed by atoms with Gasteiger partial charge in [0, 0.05) is 37.9 Å². The molecule has 0 aliphatic heterocycles. The van der Waals surface area contributed by atoms with Crippen LogP contribution in [0.5, 0.6) is 0 Å². The van der Waals surface area contributed by atoms with Crippen LogP contribution in [0, 0.1) is 12.1 Å². The normalized spacial score (nSPS) is 13.1. The first-order valence-corrected chi connectivity index (χ1v) is 12.5. The zero-order valence-corrected chi connectivity index (χ0v) is 23.9. The van der Waals surface area contributed by atoms with Gasteiger partial charge < -0.3 is 9.97 Å². The fraction of sp³-hybridized carbons (Fsp3) is 0.176.